The summed E-state index contributed by atoms with van der Waals surface area (Å²) in [5.74, 6) is -0.689. The molecule has 11 nitrogen and oxygen atoms in total. The van der Waals surface area contributed by atoms with Gasteiger partial charge in [0.15, 0.2) is 6.29 Å². The summed E-state index contributed by atoms with van der Waals surface area (Å²) in [5, 5.41) is 76.6. The van der Waals surface area contributed by atoms with Crippen LogP contribution in [-0.4, -0.2) is 110 Å². The third-order valence-corrected chi connectivity index (χ3v) is 18.3. The Hall–Kier alpha value is -1.41. The van der Waals surface area contributed by atoms with Crippen molar-refractivity contribution in [2.24, 2.45) is 0 Å². The number of aliphatic hydroxyl groups excluding tert-OH is 7. The zero-order valence-electron chi connectivity index (χ0n) is 55.9. The second-order valence-corrected chi connectivity index (χ2v) is 26.4. The highest BCUT2D eigenvalue weighted by atomic mass is 16.7. The molecule has 0 bridgehead atoms. The molecule has 9 unspecified atom stereocenters. The minimum Gasteiger partial charge on any atom is -0.394 e. The van der Waals surface area contributed by atoms with Gasteiger partial charge < -0.3 is 50.5 Å². The number of ether oxygens (including phenoxy) is 2. The fraction of sp³-hybridized carbons (Fsp3) is 0.932. The van der Waals surface area contributed by atoms with Gasteiger partial charge in [0.1, 0.15) is 36.6 Å². The number of allylic oxidation sites excluding steroid dienone is 4. The van der Waals surface area contributed by atoms with E-state index in [1.165, 1.54) is 289 Å². The van der Waals surface area contributed by atoms with Gasteiger partial charge >= 0.3 is 0 Å². The first kappa shape index (κ1) is 81.6. The van der Waals surface area contributed by atoms with Gasteiger partial charge in [-0.05, 0) is 44.9 Å². The van der Waals surface area contributed by atoms with Gasteiger partial charge in [-0.1, -0.05) is 353 Å². The van der Waals surface area contributed by atoms with Crippen molar-refractivity contribution in [3.8, 4) is 0 Å². The normalized spacial score (nSPS) is 18.9. The average molecular weight is 1210 g/mol. The molecule has 0 aliphatic carbocycles. The largest absolute Gasteiger partial charge is 0.394 e. The first-order chi connectivity index (χ1) is 41.7. The van der Waals surface area contributed by atoms with Gasteiger partial charge in [-0.2, -0.15) is 0 Å². The molecule has 1 amide bonds. The van der Waals surface area contributed by atoms with Gasteiger partial charge in [0.05, 0.1) is 25.4 Å². The van der Waals surface area contributed by atoms with Crippen LogP contribution >= 0.6 is 0 Å². The molecule has 504 valence electrons. The maximum Gasteiger partial charge on any atom is 0.249 e. The summed E-state index contributed by atoms with van der Waals surface area (Å²) in [6, 6.07) is -1.17. The molecule has 0 aromatic heterocycles. The molecule has 0 aromatic carbocycles. The highest BCUT2D eigenvalue weighted by Gasteiger charge is 2.44. The minimum absolute atomic E-state index is 0.263. The number of carbonyl (C=O) groups excluding carboxylic acids is 1. The van der Waals surface area contributed by atoms with Crippen molar-refractivity contribution in [2.75, 3.05) is 13.2 Å². The average Bonchev–Trinajstić information content (AvgIpc) is 3.67. The molecule has 0 radical (unpaired) electrons. The van der Waals surface area contributed by atoms with Crippen LogP contribution in [0.5, 0.6) is 0 Å². The van der Waals surface area contributed by atoms with Crippen LogP contribution < -0.4 is 5.32 Å². The highest BCUT2D eigenvalue weighted by molar-refractivity contribution is 5.80. The SMILES string of the molecule is CCCCCCCCCCCCC/C=C\C/C=C\CCCCCCCCCCCCCCCCCCC(O)C(=O)NC(COC1OC(CO)C(O)C(O)C1O)C(O)C(O)CCCCCCCCCCCCCCCCCCCCCCCCCC. The second-order valence-electron chi connectivity index (χ2n) is 26.4. The van der Waals surface area contributed by atoms with Crippen molar-refractivity contribution in [1.29, 1.82) is 0 Å². The number of unbranched alkanes of at least 4 members (excludes halogenated alkanes) is 50. The van der Waals surface area contributed by atoms with Gasteiger partial charge in [0.2, 0.25) is 5.91 Å². The van der Waals surface area contributed by atoms with E-state index in [0.717, 1.165) is 44.9 Å². The highest BCUT2D eigenvalue weighted by Crippen LogP contribution is 2.24. The standard InChI is InChI=1S/C74H143NO10/c1-3-5-7-9-11-13-15-17-19-21-23-25-27-29-30-31-32-33-34-35-36-37-38-40-42-44-46-48-50-52-54-56-58-60-62-67(78)73(83)75-65(64-84-74-72(82)71(81)70(80)68(63-76)85-74)69(79)66(77)61-59-57-55-53-51-49-47-45-43-41-39-28-26-24-22-20-18-16-14-12-10-8-6-4-2/h27,29,31-32,65-72,74,76-82H,3-26,28,30,33-64H2,1-2H3,(H,75,83)/b29-27-,32-31-. The van der Waals surface area contributed by atoms with Crippen LogP contribution in [0.3, 0.4) is 0 Å². The van der Waals surface area contributed by atoms with Crippen molar-refractivity contribution in [3.05, 3.63) is 24.3 Å². The predicted octanol–water partition coefficient (Wildman–Crippen LogP) is 18.4. The van der Waals surface area contributed by atoms with Crippen molar-refractivity contribution in [2.45, 2.75) is 428 Å². The van der Waals surface area contributed by atoms with E-state index in [4.69, 9.17) is 9.47 Å². The Labute approximate surface area is 524 Å². The number of amides is 1. The molecule has 9 atom stereocenters. The van der Waals surface area contributed by atoms with Gasteiger partial charge in [-0.25, -0.2) is 0 Å². The lowest BCUT2D eigenvalue weighted by molar-refractivity contribution is -0.303. The Morgan fingerprint density at radius 3 is 1.05 bits per heavy atom. The van der Waals surface area contributed by atoms with Crippen molar-refractivity contribution in [1.82, 2.24) is 5.32 Å². The predicted molar refractivity (Wildman–Crippen MR) is 358 cm³/mol. The quantitative estimate of drug-likeness (QED) is 0.0215. The molecule has 85 heavy (non-hydrogen) atoms. The van der Waals surface area contributed by atoms with Crippen LogP contribution in [-0.2, 0) is 14.3 Å². The van der Waals surface area contributed by atoms with Crippen LogP contribution in [0.15, 0.2) is 24.3 Å². The Kier molecular flexibility index (Phi) is 60.3. The maximum atomic E-state index is 13.3. The van der Waals surface area contributed by atoms with Crippen LogP contribution in [0.4, 0.5) is 0 Å². The van der Waals surface area contributed by atoms with Crippen LogP contribution in [0.1, 0.15) is 373 Å². The third-order valence-electron chi connectivity index (χ3n) is 18.3. The van der Waals surface area contributed by atoms with Crippen LogP contribution in [0.2, 0.25) is 0 Å². The number of hydrogen-bond acceptors (Lipinski definition) is 10. The summed E-state index contributed by atoms with van der Waals surface area (Å²) >= 11 is 0. The third kappa shape index (κ3) is 50.0. The lowest BCUT2D eigenvalue weighted by Crippen LogP contribution is -2.60. The lowest BCUT2D eigenvalue weighted by Gasteiger charge is -2.40. The summed E-state index contributed by atoms with van der Waals surface area (Å²) in [4.78, 5) is 13.3. The molecule has 1 rings (SSSR count). The molecule has 0 saturated carbocycles. The van der Waals surface area contributed by atoms with Gasteiger partial charge in [0.25, 0.3) is 0 Å². The fourth-order valence-electron chi connectivity index (χ4n) is 12.3. The lowest BCUT2D eigenvalue weighted by atomic mass is 9.98. The Balaban J connectivity index is 2.16. The van der Waals surface area contributed by atoms with Crippen LogP contribution in [0.25, 0.3) is 0 Å². The maximum absolute atomic E-state index is 13.3. The Bertz CT molecular complexity index is 1430. The van der Waals surface area contributed by atoms with Gasteiger partial charge in [-0.3, -0.25) is 4.79 Å². The van der Waals surface area contributed by atoms with E-state index in [0.29, 0.717) is 19.3 Å². The minimum atomic E-state index is -1.66. The van der Waals surface area contributed by atoms with E-state index in [1.807, 2.05) is 0 Å². The van der Waals surface area contributed by atoms with Crippen molar-refractivity contribution < 1.29 is 50.0 Å². The van der Waals surface area contributed by atoms with Crippen LogP contribution in [0, 0.1) is 0 Å². The number of nitrogens with one attached hydrogen (secondary N) is 1. The van der Waals surface area contributed by atoms with Crippen molar-refractivity contribution in [3.63, 3.8) is 0 Å². The van der Waals surface area contributed by atoms with Gasteiger partial charge in [-0.15, -0.1) is 0 Å². The molecule has 0 aromatic rings. The van der Waals surface area contributed by atoms with E-state index in [-0.39, 0.29) is 6.42 Å². The van der Waals surface area contributed by atoms with E-state index in [1.54, 1.807) is 0 Å². The zero-order chi connectivity index (χ0) is 61.7. The number of aliphatic hydroxyl groups is 7. The summed E-state index contributed by atoms with van der Waals surface area (Å²) in [5.41, 5.74) is 0. The molecule has 8 N–H and O–H groups in total. The number of carbonyl (C=O) groups is 1. The first-order valence-corrected chi connectivity index (χ1v) is 37.2. The van der Waals surface area contributed by atoms with E-state index in [2.05, 4.69) is 43.5 Å². The molecule has 1 heterocycles. The molecule has 1 aliphatic rings. The van der Waals surface area contributed by atoms with E-state index >= 15 is 0 Å². The smallest absolute Gasteiger partial charge is 0.249 e. The molecule has 0 spiro atoms. The Morgan fingerprint density at radius 2 is 0.718 bits per heavy atom. The molecular formula is C74H143NO10. The molecule has 1 aliphatic heterocycles. The van der Waals surface area contributed by atoms with Gasteiger partial charge in [0, 0.05) is 0 Å². The molecule has 11 heteroatoms. The molecule has 1 fully saturated rings. The zero-order valence-corrected chi connectivity index (χ0v) is 55.9. The Morgan fingerprint density at radius 1 is 0.412 bits per heavy atom. The first-order valence-electron chi connectivity index (χ1n) is 37.2. The topological polar surface area (TPSA) is 189 Å². The molecule has 1 saturated heterocycles. The summed E-state index contributed by atoms with van der Waals surface area (Å²) in [6.07, 6.45) is 68.4. The van der Waals surface area contributed by atoms with E-state index < -0.39 is 74.2 Å². The summed E-state index contributed by atoms with van der Waals surface area (Å²) < 4.78 is 11.2. The number of hydrogen-bond donors (Lipinski definition) is 8. The fourth-order valence-corrected chi connectivity index (χ4v) is 12.3. The van der Waals surface area contributed by atoms with E-state index in [9.17, 15) is 40.5 Å². The second kappa shape index (κ2) is 62.8. The summed E-state index contributed by atoms with van der Waals surface area (Å²) in [7, 11) is 0. The number of rotatable bonds is 66. The monoisotopic (exact) mass is 1210 g/mol. The molecular weight excluding hydrogens is 1060 g/mol. The summed E-state index contributed by atoms with van der Waals surface area (Å²) in [6.45, 7) is 3.52. The van der Waals surface area contributed by atoms with Crippen molar-refractivity contribution >= 4 is 5.91 Å².